The van der Waals surface area contributed by atoms with Gasteiger partial charge in [0.25, 0.3) is 0 Å². The van der Waals surface area contributed by atoms with Gasteiger partial charge in [-0.25, -0.2) is 10.4 Å². The molecule has 1 aliphatic heterocycles. The van der Waals surface area contributed by atoms with Crippen LogP contribution in [0.1, 0.15) is 53.8 Å². The minimum Gasteiger partial charge on any atom is -0.508 e. The fourth-order valence-corrected chi connectivity index (χ4v) is 4.23. The molecule has 0 unspecified atom stereocenters. The van der Waals surface area contributed by atoms with E-state index in [2.05, 4.69) is 65.8 Å². The maximum absolute atomic E-state index is 8.97. The third kappa shape index (κ3) is 9.50. The Morgan fingerprint density at radius 2 is 1.73 bits per heavy atom. The molecular weight excluding hydrogens is 498 g/mol. The van der Waals surface area contributed by atoms with E-state index in [1.807, 2.05) is 38.1 Å². The van der Waals surface area contributed by atoms with Gasteiger partial charge in [-0.3, -0.25) is 0 Å². The number of nitrogens with zero attached hydrogens (tertiary/aromatic N) is 4. The lowest BCUT2D eigenvalue weighted by atomic mass is 10.1. The molecular formula is C33H43N5O2. The van der Waals surface area contributed by atoms with E-state index in [1.54, 1.807) is 24.4 Å². The van der Waals surface area contributed by atoms with Crippen LogP contribution in [0.25, 0.3) is 11.8 Å². The predicted octanol–water partition coefficient (Wildman–Crippen LogP) is 7.24. The van der Waals surface area contributed by atoms with Crippen molar-refractivity contribution in [3.63, 3.8) is 0 Å². The number of nitrogens with one attached hydrogen (secondary N) is 1. The Bertz CT molecular complexity index is 1250. The molecule has 0 amide bonds. The number of aryl methyl sites for hydroxylation is 2. The number of ether oxygens (including phenoxy) is 1. The number of benzene rings is 2. The Kier molecular flexibility index (Phi) is 13.9. The van der Waals surface area contributed by atoms with Crippen molar-refractivity contribution in [1.82, 2.24) is 9.97 Å². The van der Waals surface area contributed by atoms with Crippen LogP contribution in [0.2, 0.25) is 0 Å². The summed E-state index contributed by atoms with van der Waals surface area (Å²) in [6, 6.07) is 15.6. The van der Waals surface area contributed by atoms with E-state index in [-0.39, 0.29) is 5.76 Å². The zero-order valence-corrected chi connectivity index (χ0v) is 24.2. The summed E-state index contributed by atoms with van der Waals surface area (Å²) in [4.78, 5) is 11.7. The van der Waals surface area contributed by atoms with Crippen LogP contribution in [0, 0.1) is 6.92 Å². The molecule has 7 heteroatoms. The lowest BCUT2D eigenvalue weighted by Crippen LogP contribution is -2.37. The van der Waals surface area contributed by atoms with Crippen LogP contribution in [-0.4, -0.2) is 47.6 Å². The van der Waals surface area contributed by atoms with Crippen molar-refractivity contribution in [3.8, 4) is 0 Å². The van der Waals surface area contributed by atoms with E-state index in [9.17, 15) is 0 Å². The second-order valence-corrected chi connectivity index (χ2v) is 8.81. The van der Waals surface area contributed by atoms with Gasteiger partial charge < -0.3 is 14.7 Å². The van der Waals surface area contributed by atoms with E-state index >= 15 is 0 Å². The van der Waals surface area contributed by atoms with Gasteiger partial charge in [0, 0.05) is 24.2 Å². The Labute approximate surface area is 239 Å². The highest BCUT2D eigenvalue weighted by Crippen LogP contribution is 2.30. The summed E-state index contributed by atoms with van der Waals surface area (Å²) < 4.78 is 5.47. The largest absolute Gasteiger partial charge is 0.508 e. The summed E-state index contributed by atoms with van der Waals surface area (Å²) in [5.74, 6) is 1.73. The van der Waals surface area contributed by atoms with Gasteiger partial charge in [-0.15, -0.1) is 13.2 Å². The number of rotatable bonds is 6. The van der Waals surface area contributed by atoms with E-state index in [0.717, 1.165) is 73.8 Å². The topological polar surface area (TPSA) is 82.9 Å². The number of anilines is 2. The molecule has 40 heavy (non-hydrogen) atoms. The molecule has 7 nitrogen and oxygen atoms in total. The Balaban J connectivity index is 0.000000314. The van der Waals surface area contributed by atoms with Gasteiger partial charge in [-0.05, 0) is 37.3 Å². The van der Waals surface area contributed by atoms with Gasteiger partial charge in [-0.1, -0.05) is 87.2 Å². The van der Waals surface area contributed by atoms with Crippen molar-refractivity contribution < 1.29 is 9.84 Å². The molecule has 3 aromatic rings. The standard InChI is InChI=1S/C19H23N5O.C10H10O.C2H6.C2H4/c1-14-4-2-5-15(12-14)13-20-23-19-21-17-7-3-6-16(17)18(22-19)24-8-10-25-11-9-24;1-3-9-4-6-10(7-5-9)8(2)11;2*1-2/h2,4-5,12-13H,3,6-11H2,1H3,(H,21,22,23);3-7,11H,1-2H2;1-2H3;1-2H2/b20-13+;;;. The highest BCUT2D eigenvalue weighted by Gasteiger charge is 2.24. The molecule has 0 spiro atoms. The zero-order chi connectivity index (χ0) is 29.3. The van der Waals surface area contributed by atoms with Crippen LogP contribution in [0.3, 0.4) is 0 Å². The summed E-state index contributed by atoms with van der Waals surface area (Å²) >= 11 is 0. The average molecular weight is 542 g/mol. The van der Waals surface area contributed by atoms with Gasteiger partial charge in [0.05, 0.1) is 25.1 Å². The molecule has 0 radical (unpaired) electrons. The summed E-state index contributed by atoms with van der Waals surface area (Å²) in [5.41, 5.74) is 9.52. The molecule has 2 aromatic carbocycles. The van der Waals surface area contributed by atoms with Gasteiger partial charge >= 0.3 is 0 Å². The second-order valence-electron chi connectivity index (χ2n) is 8.81. The Hall–Kier alpha value is -4.23. The lowest BCUT2D eigenvalue weighted by molar-refractivity contribution is 0.122. The first-order valence-electron chi connectivity index (χ1n) is 13.7. The molecule has 1 aliphatic carbocycles. The summed E-state index contributed by atoms with van der Waals surface area (Å²) in [6.07, 6.45) is 6.79. The van der Waals surface area contributed by atoms with Crippen LogP contribution in [0.4, 0.5) is 11.8 Å². The summed E-state index contributed by atoms with van der Waals surface area (Å²) in [5, 5.41) is 13.3. The number of fused-ring (bicyclic) bond motifs is 1. The van der Waals surface area contributed by atoms with Gasteiger partial charge in [0.1, 0.15) is 11.6 Å². The predicted molar refractivity (Wildman–Crippen MR) is 170 cm³/mol. The van der Waals surface area contributed by atoms with Crippen molar-refractivity contribution in [2.75, 3.05) is 36.6 Å². The highest BCUT2D eigenvalue weighted by molar-refractivity contribution is 5.80. The molecule has 0 atom stereocenters. The van der Waals surface area contributed by atoms with Crippen LogP contribution in [0.5, 0.6) is 0 Å². The minimum absolute atomic E-state index is 0.0978. The van der Waals surface area contributed by atoms with Crippen LogP contribution in [-0.2, 0) is 17.6 Å². The minimum atomic E-state index is 0.0978. The second kappa shape index (κ2) is 17.4. The van der Waals surface area contributed by atoms with Crippen molar-refractivity contribution in [1.29, 1.82) is 0 Å². The van der Waals surface area contributed by atoms with E-state index < -0.39 is 0 Å². The summed E-state index contributed by atoms with van der Waals surface area (Å²) in [6.45, 7) is 22.4. The monoisotopic (exact) mass is 541 g/mol. The number of aromatic nitrogens is 2. The number of morpholine rings is 1. The first-order valence-corrected chi connectivity index (χ1v) is 13.7. The number of hydrogen-bond donors (Lipinski definition) is 2. The first kappa shape index (κ1) is 32.0. The fourth-order valence-electron chi connectivity index (χ4n) is 4.23. The van der Waals surface area contributed by atoms with Crippen molar-refractivity contribution in [3.05, 3.63) is 108 Å². The number of hydrogen-bond acceptors (Lipinski definition) is 7. The van der Waals surface area contributed by atoms with Crippen LogP contribution in [0.15, 0.2) is 79.9 Å². The molecule has 5 rings (SSSR count). The zero-order valence-electron chi connectivity index (χ0n) is 24.2. The quantitative estimate of drug-likeness (QED) is 0.148. The normalized spacial score (nSPS) is 13.4. The lowest BCUT2D eigenvalue weighted by Gasteiger charge is -2.29. The van der Waals surface area contributed by atoms with Gasteiger partial charge in [0.2, 0.25) is 5.95 Å². The maximum atomic E-state index is 8.97. The molecule has 2 N–H and O–H groups in total. The average Bonchev–Trinajstić information content (AvgIpc) is 3.48. The third-order valence-corrected chi connectivity index (χ3v) is 6.12. The summed E-state index contributed by atoms with van der Waals surface area (Å²) in [7, 11) is 0. The molecule has 1 saturated heterocycles. The van der Waals surface area contributed by atoms with Crippen LogP contribution < -0.4 is 10.3 Å². The van der Waals surface area contributed by atoms with E-state index in [4.69, 9.17) is 14.8 Å². The van der Waals surface area contributed by atoms with Gasteiger partial charge in [-0.2, -0.15) is 10.1 Å². The SMILES string of the molecule is C=C.C=Cc1ccc(C(=C)O)cc1.CC.Cc1cccc(/C=N/Nc2nc3c(c(N4CCOCC4)n2)CCC3)c1. The Morgan fingerprint density at radius 1 is 1.02 bits per heavy atom. The fraction of sp³-hybridized carbons (Fsp3) is 0.303. The molecule has 0 saturated carbocycles. The number of hydrazone groups is 1. The van der Waals surface area contributed by atoms with Crippen molar-refractivity contribution in [2.45, 2.75) is 40.0 Å². The van der Waals surface area contributed by atoms with Crippen molar-refractivity contribution >= 4 is 29.8 Å². The van der Waals surface area contributed by atoms with E-state index in [0.29, 0.717) is 5.95 Å². The number of aliphatic hydroxyl groups excluding tert-OH is 1. The van der Waals surface area contributed by atoms with Crippen LogP contribution >= 0.6 is 0 Å². The maximum Gasteiger partial charge on any atom is 0.245 e. The molecule has 1 aromatic heterocycles. The number of aliphatic hydroxyl groups is 1. The molecule has 212 valence electrons. The highest BCUT2D eigenvalue weighted by atomic mass is 16.5. The van der Waals surface area contributed by atoms with Gasteiger partial charge in [0.15, 0.2) is 0 Å². The first-order chi connectivity index (χ1) is 19.5. The van der Waals surface area contributed by atoms with E-state index in [1.165, 1.54) is 11.1 Å². The molecule has 0 bridgehead atoms. The molecule has 1 fully saturated rings. The Morgan fingerprint density at radius 3 is 2.35 bits per heavy atom. The third-order valence-electron chi connectivity index (χ3n) is 6.12. The van der Waals surface area contributed by atoms with Crippen molar-refractivity contribution in [2.24, 2.45) is 5.10 Å². The smallest absolute Gasteiger partial charge is 0.245 e. The molecule has 2 heterocycles. The molecule has 2 aliphatic rings.